The Balaban J connectivity index is 1.71. The maximum Gasteiger partial charge on any atom is 0.336 e. The Morgan fingerprint density at radius 2 is 1.97 bits per heavy atom. The molecule has 1 aliphatic carbocycles. The zero-order valence-corrected chi connectivity index (χ0v) is 20.9. The minimum absolute atomic E-state index is 0.0167. The van der Waals surface area contributed by atoms with Crippen LogP contribution in [0.1, 0.15) is 50.2 Å². The lowest BCUT2D eigenvalue weighted by Gasteiger charge is -2.34. The van der Waals surface area contributed by atoms with Gasteiger partial charge >= 0.3 is 5.97 Å². The summed E-state index contributed by atoms with van der Waals surface area (Å²) in [7, 11) is 0. The fraction of sp³-hybridized carbons (Fsp3) is 0.333. The predicted octanol–water partition coefficient (Wildman–Crippen LogP) is 5.31. The highest BCUT2D eigenvalue weighted by molar-refractivity contribution is 9.10. The second-order valence-electron chi connectivity index (χ2n) is 8.42. The first kappa shape index (κ1) is 24.1. The number of carbonyl (C=O) groups is 2. The molecule has 0 saturated heterocycles. The molecule has 34 heavy (non-hydrogen) atoms. The molecule has 0 bridgehead atoms. The normalized spacial score (nSPS) is 17.9. The third-order valence-corrected chi connectivity index (χ3v) is 6.75. The number of rotatable bonds is 7. The van der Waals surface area contributed by atoms with Crippen LogP contribution in [-0.2, 0) is 20.7 Å². The van der Waals surface area contributed by atoms with E-state index in [-0.39, 0.29) is 18.1 Å². The Hall–Kier alpha value is -3.06. The molecule has 0 aromatic heterocycles. The second-order valence-corrected chi connectivity index (χ2v) is 9.27. The highest BCUT2D eigenvalue weighted by atomic mass is 79.9. The van der Waals surface area contributed by atoms with Gasteiger partial charge in [0.2, 0.25) is 0 Å². The molecule has 0 spiro atoms. The van der Waals surface area contributed by atoms with E-state index < -0.39 is 11.9 Å². The van der Waals surface area contributed by atoms with Crippen LogP contribution >= 0.6 is 15.9 Å². The SMILES string of the molecule is CCOc1cc(C2C(C(=O)OCCc3ccccc3)=C(C)NC3=C2C(=O)CCC3)cc(Br)c1O. The van der Waals surface area contributed by atoms with Crippen molar-refractivity contribution >= 4 is 27.7 Å². The fourth-order valence-electron chi connectivity index (χ4n) is 4.60. The molecule has 2 aromatic rings. The number of ketones is 1. The monoisotopic (exact) mass is 525 g/mol. The fourth-order valence-corrected chi connectivity index (χ4v) is 5.06. The van der Waals surface area contributed by atoms with Gasteiger partial charge in [-0.1, -0.05) is 30.3 Å². The maximum absolute atomic E-state index is 13.4. The number of ether oxygens (including phenoxy) is 2. The average Bonchev–Trinajstić information content (AvgIpc) is 2.82. The lowest BCUT2D eigenvalue weighted by Crippen LogP contribution is -2.34. The first-order valence-corrected chi connectivity index (χ1v) is 12.3. The zero-order valence-electron chi connectivity index (χ0n) is 19.3. The number of hydrogen-bond donors (Lipinski definition) is 2. The number of phenols is 1. The topological polar surface area (TPSA) is 84.9 Å². The molecule has 2 N–H and O–H groups in total. The molecule has 4 rings (SSSR count). The average molecular weight is 526 g/mol. The molecule has 2 aliphatic rings. The number of allylic oxidation sites excluding steroid dienone is 3. The van der Waals surface area contributed by atoms with E-state index >= 15 is 0 Å². The van der Waals surface area contributed by atoms with Gasteiger partial charge in [-0.05, 0) is 65.9 Å². The Bertz CT molecular complexity index is 1170. The molecule has 1 unspecified atom stereocenters. The third-order valence-electron chi connectivity index (χ3n) is 6.15. The zero-order chi connectivity index (χ0) is 24.2. The number of Topliss-reactive ketones (excluding diaryl/α,β-unsaturated/α-hetero) is 1. The molecule has 0 fully saturated rings. The number of aromatic hydroxyl groups is 1. The minimum Gasteiger partial charge on any atom is -0.503 e. The van der Waals surface area contributed by atoms with Crippen LogP contribution in [0.15, 0.2) is 69.5 Å². The van der Waals surface area contributed by atoms with Crippen LogP contribution in [0.4, 0.5) is 0 Å². The number of carbonyl (C=O) groups excluding carboxylic acids is 2. The molecule has 178 valence electrons. The molecule has 0 amide bonds. The van der Waals surface area contributed by atoms with Crippen molar-refractivity contribution in [3.63, 3.8) is 0 Å². The summed E-state index contributed by atoms with van der Waals surface area (Å²) >= 11 is 3.40. The number of benzene rings is 2. The van der Waals surface area contributed by atoms with Gasteiger partial charge in [0.25, 0.3) is 0 Å². The summed E-state index contributed by atoms with van der Waals surface area (Å²) in [6.07, 6.45) is 2.54. The third kappa shape index (κ3) is 4.89. The van der Waals surface area contributed by atoms with E-state index in [0.29, 0.717) is 52.1 Å². The van der Waals surface area contributed by atoms with Gasteiger partial charge in [0.05, 0.1) is 23.3 Å². The van der Waals surface area contributed by atoms with Crippen molar-refractivity contribution < 1.29 is 24.2 Å². The number of phenolic OH excluding ortho intramolecular Hbond substituents is 1. The van der Waals surface area contributed by atoms with E-state index in [9.17, 15) is 14.7 Å². The molecule has 0 saturated carbocycles. The summed E-state index contributed by atoms with van der Waals surface area (Å²) in [6, 6.07) is 13.3. The molecule has 6 nitrogen and oxygen atoms in total. The summed E-state index contributed by atoms with van der Waals surface area (Å²) in [4.78, 5) is 26.5. The van der Waals surface area contributed by atoms with Gasteiger partial charge < -0.3 is 19.9 Å². The highest BCUT2D eigenvalue weighted by Crippen LogP contribution is 2.46. The summed E-state index contributed by atoms with van der Waals surface area (Å²) in [6.45, 7) is 4.26. The van der Waals surface area contributed by atoms with Crippen LogP contribution in [0.3, 0.4) is 0 Å². The van der Waals surface area contributed by atoms with E-state index in [2.05, 4.69) is 21.2 Å². The molecule has 1 atom stereocenters. The van der Waals surface area contributed by atoms with Gasteiger partial charge in [-0.25, -0.2) is 4.79 Å². The van der Waals surface area contributed by atoms with Crippen LogP contribution in [0.25, 0.3) is 0 Å². The van der Waals surface area contributed by atoms with Crippen LogP contribution < -0.4 is 10.1 Å². The number of dihydropyridines is 1. The smallest absolute Gasteiger partial charge is 0.336 e. The first-order valence-electron chi connectivity index (χ1n) is 11.5. The Kier molecular flexibility index (Phi) is 7.41. The van der Waals surface area contributed by atoms with Crippen LogP contribution in [0.2, 0.25) is 0 Å². The van der Waals surface area contributed by atoms with Crippen LogP contribution in [0.5, 0.6) is 11.5 Å². The van der Waals surface area contributed by atoms with Crippen LogP contribution in [0, 0.1) is 0 Å². The highest BCUT2D eigenvalue weighted by Gasteiger charge is 2.39. The van der Waals surface area contributed by atoms with E-state index in [1.54, 1.807) is 12.1 Å². The Morgan fingerprint density at radius 1 is 1.21 bits per heavy atom. The molecular formula is C27H28BrNO5. The first-order chi connectivity index (χ1) is 16.4. The van der Waals surface area contributed by atoms with E-state index in [4.69, 9.17) is 9.47 Å². The van der Waals surface area contributed by atoms with Gasteiger partial charge in [-0.2, -0.15) is 0 Å². The minimum atomic E-state index is -0.607. The van der Waals surface area contributed by atoms with Crippen molar-refractivity contribution in [3.8, 4) is 11.5 Å². The van der Waals surface area contributed by atoms with E-state index in [1.165, 1.54) is 0 Å². The van der Waals surface area contributed by atoms with Gasteiger partial charge in [0.15, 0.2) is 17.3 Å². The molecular weight excluding hydrogens is 498 g/mol. The molecule has 1 aliphatic heterocycles. The number of halogens is 1. The quantitative estimate of drug-likeness (QED) is 0.476. The summed E-state index contributed by atoms with van der Waals surface area (Å²) in [5.41, 5.74) is 4.28. The predicted molar refractivity (Wildman–Crippen MR) is 133 cm³/mol. The number of nitrogens with one attached hydrogen (secondary N) is 1. The molecule has 0 radical (unpaired) electrons. The standard InChI is InChI=1S/C27H28BrNO5/c1-3-33-22-15-18(14-19(28)26(22)31)24-23(16(2)29-20-10-7-11-21(30)25(20)24)27(32)34-13-12-17-8-5-4-6-9-17/h4-6,8-9,14-15,24,29,31H,3,7,10-13H2,1-2H3. The Labute approximate surface area is 207 Å². The van der Waals surface area contributed by atoms with Gasteiger partial charge in [0.1, 0.15) is 0 Å². The van der Waals surface area contributed by atoms with Gasteiger partial charge in [-0.3, -0.25) is 4.79 Å². The summed E-state index contributed by atoms with van der Waals surface area (Å²) in [5, 5.41) is 13.7. The molecule has 7 heteroatoms. The lowest BCUT2D eigenvalue weighted by molar-refractivity contribution is -0.139. The van der Waals surface area contributed by atoms with Crippen molar-refractivity contribution in [2.24, 2.45) is 0 Å². The van der Waals surface area contributed by atoms with Crippen molar-refractivity contribution in [1.82, 2.24) is 5.32 Å². The largest absolute Gasteiger partial charge is 0.503 e. The number of esters is 1. The maximum atomic E-state index is 13.4. The van der Waals surface area contributed by atoms with Crippen molar-refractivity contribution in [2.75, 3.05) is 13.2 Å². The van der Waals surface area contributed by atoms with E-state index in [1.807, 2.05) is 44.2 Å². The number of hydrogen-bond acceptors (Lipinski definition) is 6. The van der Waals surface area contributed by atoms with Crippen LogP contribution in [-0.4, -0.2) is 30.1 Å². The summed E-state index contributed by atoms with van der Waals surface area (Å²) in [5.74, 6) is -0.771. The lowest BCUT2D eigenvalue weighted by atomic mass is 9.75. The van der Waals surface area contributed by atoms with Gasteiger partial charge in [-0.15, -0.1) is 0 Å². The van der Waals surface area contributed by atoms with E-state index in [0.717, 1.165) is 24.1 Å². The second kappa shape index (κ2) is 10.5. The molecule has 2 aromatic carbocycles. The van der Waals surface area contributed by atoms with Crippen molar-refractivity contribution in [3.05, 3.63) is 80.6 Å². The van der Waals surface area contributed by atoms with Crippen molar-refractivity contribution in [2.45, 2.75) is 45.4 Å². The molecule has 1 heterocycles. The summed E-state index contributed by atoms with van der Waals surface area (Å²) < 4.78 is 11.7. The Morgan fingerprint density at radius 3 is 2.71 bits per heavy atom. The van der Waals surface area contributed by atoms with Crippen molar-refractivity contribution in [1.29, 1.82) is 0 Å². The van der Waals surface area contributed by atoms with Gasteiger partial charge in [0, 0.05) is 35.7 Å².